The van der Waals surface area contributed by atoms with Crippen LogP contribution in [0.25, 0.3) is 0 Å². The number of hydrogen-bond acceptors (Lipinski definition) is 2. The van der Waals surface area contributed by atoms with Gasteiger partial charge in [0.2, 0.25) is 0 Å². The van der Waals surface area contributed by atoms with Gasteiger partial charge >= 0.3 is 0 Å². The Morgan fingerprint density at radius 3 is 2.86 bits per heavy atom. The van der Waals surface area contributed by atoms with Gasteiger partial charge in [0.15, 0.2) is 0 Å². The van der Waals surface area contributed by atoms with Gasteiger partial charge in [0.25, 0.3) is 0 Å². The zero-order valence-corrected chi connectivity index (χ0v) is 15.4. The first-order valence-corrected chi connectivity index (χ1v) is 9.18. The van der Waals surface area contributed by atoms with E-state index in [4.69, 9.17) is 11.6 Å². The highest BCUT2D eigenvalue weighted by atomic mass is 127. The van der Waals surface area contributed by atoms with Crippen LogP contribution in [0.5, 0.6) is 0 Å². The first-order chi connectivity index (χ1) is 10.0. The minimum atomic E-state index is 0.134. The predicted molar refractivity (Wildman–Crippen MR) is 94.9 cm³/mol. The van der Waals surface area contributed by atoms with Crippen molar-refractivity contribution < 1.29 is 4.79 Å². The van der Waals surface area contributed by atoms with Gasteiger partial charge in [-0.05, 0) is 72.5 Å². The fourth-order valence-corrected chi connectivity index (χ4v) is 4.75. The van der Waals surface area contributed by atoms with Crippen molar-refractivity contribution in [2.75, 3.05) is 7.05 Å². The molecule has 4 atom stereocenters. The lowest BCUT2D eigenvalue weighted by atomic mass is 9.73. The van der Waals surface area contributed by atoms with Crippen molar-refractivity contribution in [2.45, 2.75) is 50.6 Å². The molecule has 0 N–H and O–H groups in total. The van der Waals surface area contributed by atoms with E-state index in [2.05, 4.69) is 52.7 Å². The summed E-state index contributed by atoms with van der Waals surface area (Å²) >= 11 is 8.56. The molecule has 0 spiro atoms. The van der Waals surface area contributed by atoms with Crippen molar-refractivity contribution in [1.82, 2.24) is 4.90 Å². The van der Waals surface area contributed by atoms with Crippen LogP contribution in [0.3, 0.4) is 0 Å². The molecule has 2 saturated heterocycles. The summed E-state index contributed by atoms with van der Waals surface area (Å²) in [6, 6.07) is 7.36. The molecule has 4 heteroatoms. The number of ketones is 1. The minimum absolute atomic E-state index is 0.134. The Morgan fingerprint density at radius 1 is 1.43 bits per heavy atom. The van der Waals surface area contributed by atoms with Gasteiger partial charge in [-0.3, -0.25) is 9.69 Å². The Bertz CT molecular complexity index is 562. The Hall–Kier alpha value is -0.130. The molecule has 0 radical (unpaired) electrons. The molecule has 1 aromatic rings. The topological polar surface area (TPSA) is 20.3 Å². The second kappa shape index (κ2) is 6.17. The number of rotatable bonds is 3. The highest BCUT2D eigenvalue weighted by Gasteiger charge is 2.48. The minimum Gasteiger partial charge on any atom is -0.300 e. The quantitative estimate of drug-likeness (QED) is 0.675. The summed E-state index contributed by atoms with van der Waals surface area (Å²) in [7, 11) is 2.19. The molecule has 2 nitrogen and oxygen atoms in total. The van der Waals surface area contributed by atoms with E-state index in [1.54, 1.807) is 0 Å². The molecule has 0 amide bonds. The van der Waals surface area contributed by atoms with Crippen LogP contribution in [-0.4, -0.2) is 29.8 Å². The molecule has 3 rings (SSSR count). The number of Topliss-reactive ketones (excluding diaryl/α,β-unsaturated/α-hetero) is 1. The molecule has 0 saturated carbocycles. The predicted octanol–water partition coefficient (Wildman–Crippen LogP) is 4.49. The van der Waals surface area contributed by atoms with Gasteiger partial charge in [-0.25, -0.2) is 0 Å². The number of benzene rings is 1. The maximum atomic E-state index is 12.6. The average molecular weight is 418 g/mol. The smallest absolute Gasteiger partial charge is 0.137 e. The van der Waals surface area contributed by atoms with E-state index in [1.807, 2.05) is 6.92 Å². The van der Waals surface area contributed by atoms with Crippen LogP contribution in [0.1, 0.15) is 44.1 Å². The number of piperidine rings is 1. The van der Waals surface area contributed by atoms with Crippen molar-refractivity contribution in [3.8, 4) is 0 Å². The van der Waals surface area contributed by atoms with Crippen LogP contribution in [0, 0.1) is 9.49 Å². The molecule has 0 aliphatic carbocycles. The lowest BCUT2D eigenvalue weighted by Gasteiger charge is -2.42. The number of fused-ring (bicyclic) bond motifs is 2. The van der Waals surface area contributed by atoms with Crippen molar-refractivity contribution in [2.24, 2.45) is 5.92 Å². The second-order valence-corrected chi connectivity index (χ2v) is 7.89. The van der Waals surface area contributed by atoms with Gasteiger partial charge in [-0.2, -0.15) is 0 Å². The maximum absolute atomic E-state index is 12.6. The van der Waals surface area contributed by atoms with E-state index in [0.717, 1.165) is 21.4 Å². The standard InChI is InChI=1S/C17H21ClINO/c1-3-16(21)17-12(9-11-5-7-15(17)20(11)2)10-4-6-14(19)13(18)8-10/h4,6,8,11-12,15,17H,3,5,7,9H2,1-2H3/t11-,12+,15+,17-/m0/s1. The molecule has 2 heterocycles. The van der Waals surface area contributed by atoms with Crippen molar-refractivity contribution in [3.63, 3.8) is 0 Å². The lowest BCUT2D eigenvalue weighted by molar-refractivity contribution is -0.126. The van der Waals surface area contributed by atoms with E-state index in [0.29, 0.717) is 30.2 Å². The van der Waals surface area contributed by atoms with E-state index < -0.39 is 0 Å². The van der Waals surface area contributed by atoms with E-state index >= 15 is 0 Å². The zero-order chi connectivity index (χ0) is 15.1. The van der Waals surface area contributed by atoms with Crippen LogP contribution in [0.2, 0.25) is 5.02 Å². The summed E-state index contributed by atoms with van der Waals surface area (Å²) in [5.74, 6) is 0.877. The normalized spacial score (nSPS) is 32.4. The van der Waals surface area contributed by atoms with Gasteiger partial charge in [0.05, 0.1) is 5.02 Å². The average Bonchev–Trinajstić information content (AvgIpc) is 2.72. The summed E-state index contributed by atoms with van der Waals surface area (Å²) in [4.78, 5) is 15.0. The highest BCUT2D eigenvalue weighted by molar-refractivity contribution is 14.1. The fourth-order valence-electron chi connectivity index (χ4n) is 4.23. The van der Waals surface area contributed by atoms with Crippen molar-refractivity contribution in [3.05, 3.63) is 32.4 Å². The molecule has 2 aliphatic heterocycles. The summed E-state index contributed by atoms with van der Waals surface area (Å²) < 4.78 is 1.08. The third-order valence-corrected chi connectivity index (χ3v) is 6.93. The largest absolute Gasteiger partial charge is 0.300 e. The first kappa shape index (κ1) is 15.8. The van der Waals surface area contributed by atoms with Gasteiger partial charge in [-0.1, -0.05) is 24.6 Å². The van der Waals surface area contributed by atoms with Crippen LogP contribution >= 0.6 is 34.2 Å². The SMILES string of the molecule is CCC(=O)[C@H]1[C@@H](c2ccc(I)c(Cl)c2)C[C@@H]2CC[C@H]1N2C. The van der Waals surface area contributed by atoms with E-state index in [9.17, 15) is 4.79 Å². The summed E-state index contributed by atoms with van der Waals surface area (Å²) in [5.41, 5.74) is 1.25. The zero-order valence-electron chi connectivity index (χ0n) is 12.5. The fraction of sp³-hybridized carbons (Fsp3) is 0.588. The second-order valence-electron chi connectivity index (χ2n) is 6.33. The van der Waals surface area contributed by atoms with E-state index in [1.165, 1.54) is 12.0 Å². The van der Waals surface area contributed by atoms with Crippen LogP contribution < -0.4 is 0 Å². The number of carbonyl (C=O) groups excluding carboxylic acids is 1. The molecule has 1 aromatic carbocycles. The molecular weight excluding hydrogens is 397 g/mol. The number of halogens is 2. The Morgan fingerprint density at radius 2 is 2.19 bits per heavy atom. The van der Waals surface area contributed by atoms with Crippen molar-refractivity contribution in [1.29, 1.82) is 0 Å². The van der Waals surface area contributed by atoms with Gasteiger partial charge in [-0.15, -0.1) is 0 Å². The van der Waals surface area contributed by atoms with Gasteiger partial charge in [0, 0.05) is 28.0 Å². The monoisotopic (exact) mass is 417 g/mol. The molecular formula is C17H21ClINO. The molecule has 21 heavy (non-hydrogen) atoms. The van der Waals surface area contributed by atoms with Crippen LogP contribution in [0.4, 0.5) is 0 Å². The maximum Gasteiger partial charge on any atom is 0.137 e. The number of nitrogens with zero attached hydrogens (tertiary/aromatic N) is 1. The van der Waals surface area contributed by atoms with Crippen molar-refractivity contribution >= 4 is 40.0 Å². The number of carbonyl (C=O) groups is 1. The lowest BCUT2D eigenvalue weighted by Crippen LogP contribution is -2.48. The third-order valence-electron chi connectivity index (χ3n) is 5.36. The van der Waals surface area contributed by atoms with Crippen LogP contribution in [0.15, 0.2) is 18.2 Å². The molecule has 2 fully saturated rings. The molecule has 2 aliphatic rings. The Kier molecular flexibility index (Phi) is 4.63. The number of hydrogen-bond donors (Lipinski definition) is 0. The molecule has 0 unspecified atom stereocenters. The molecule has 2 bridgehead atoms. The Balaban J connectivity index is 1.98. The molecule has 0 aromatic heterocycles. The Labute approximate surface area is 145 Å². The third kappa shape index (κ3) is 2.77. The van der Waals surface area contributed by atoms with Gasteiger partial charge < -0.3 is 0 Å². The summed E-state index contributed by atoms with van der Waals surface area (Å²) in [5, 5.41) is 0.807. The molecule has 114 valence electrons. The first-order valence-electron chi connectivity index (χ1n) is 7.72. The summed E-state index contributed by atoms with van der Waals surface area (Å²) in [6.07, 6.45) is 4.10. The van der Waals surface area contributed by atoms with Crippen LogP contribution in [-0.2, 0) is 4.79 Å². The summed E-state index contributed by atoms with van der Waals surface area (Å²) in [6.45, 7) is 1.99. The van der Waals surface area contributed by atoms with Gasteiger partial charge in [0.1, 0.15) is 5.78 Å². The highest BCUT2D eigenvalue weighted by Crippen LogP contribution is 2.47. The van der Waals surface area contributed by atoms with E-state index in [-0.39, 0.29) is 5.92 Å².